The highest BCUT2D eigenvalue weighted by Gasteiger charge is 2.43. The normalized spacial score (nSPS) is 22.0. The first-order valence-corrected chi connectivity index (χ1v) is 16.1. The molecule has 2 aromatic rings. The molecule has 0 aliphatic carbocycles. The molecule has 3 N–H and O–H groups in total. The number of nitrogens with two attached hydrogens (primary N) is 1. The lowest BCUT2D eigenvalue weighted by Crippen LogP contribution is -2.59. The quantitative estimate of drug-likeness (QED) is 0.283. The Kier molecular flexibility index (Phi) is 12.5. The van der Waals surface area contributed by atoms with Crippen LogP contribution in [0.5, 0.6) is 11.5 Å². The zero-order valence-corrected chi connectivity index (χ0v) is 27.9. The lowest BCUT2D eigenvalue weighted by atomic mass is 9.79. The van der Waals surface area contributed by atoms with Crippen molar-refractivity contribution < 1.29 is 33.6 Å². The number of piperidine rings is 1. The maximum atomic E-state index is 13.8. The molecule has 1 unspecified atom stereocenters. The maximum absolute atomic E-state index is 13.8. The number of likely N-dealkylation sites (tertiary alicyclic amines) is 1. The van der Waals surface area contributed by atoms with Gasteiger partial charge in [0, 0.05) is 45.9 Å². The van der Waals surface area contributed by atoms with Crippen LogP contribution in [0.2, 0.25) is 0 Å². The van der Waals surface area contributed by atoms with Crippen LogP contribution in [-0.4, -0.2) is 100 Å². The molecular weight excluding hydrogens is 574 g/mol. The Labute approximate surface area is 268 Å². The van der Waals surface area contributed by atoms with Gasteiger partial charge in [0.1, 0.15) is 18.1 Å². The number of amides is 1. The summed E-state index contributed by atoms with van der Waals surface area (Å²) in [4.78, 5) is 18.0. The predicted octanol–water partition coefficient (Wildman–Crippen LogP) is 3.97. The van der Waals surface area contributed by atoms with E-state index in [2.05, 4.69) is 23.1 Å². The lowest BCUT2D eigenvalue weighted by molar-refractivity contribution is -0.146. The predicted molar refractivity (Wildman–Crippen MR) is 175 cm³/mol. The molecule has 2 heterocycles. The highest BCUT2D eigenvalue weighted by Crippen LogP contribution is 2.39. The van der Waals surface area contributed by atoms with Crippen molar-refractivity contribution in [2.75, 3.05) is 65.7 Å². The molecule has 1 saturated heterocycles. The molecule has 2 aromatic carbocycles. The Bertz CT molecular complexity index is 1220. The van der Waals surface area contributed by atoms with Crippen LogP contribution in [0.25, 0.3) is 0 Å². The summed E-state index contributed by atoms with van der Waals surface area (Å²) in [7, 11) is 4.95. The molecule has 0 saturated carbocycles. The molecule has 5 atom stereocenters. The monoisotopic (exact) mass is 627 g/mol. The summed E-state index contributed by atoms with van der Waals surface area (Å²) >= 11 is 0. The van der Waals surface area contributed by atoms with Crippen molar-refractivity contribution in [3.63, 3.8) is 0 Å². The second-order valence-electron chi connectivity index (χ2n) is 13.0. The number of fused-ring (bicyclic) bond motifs is 1. The summed E-state index contributed by atoms with van der Waals surface area (Å²) in [5, 5.41) is 11.2. The van der Waals surface area contributed by atoms with Crippen molar-refractivity contribution in [1.82, 2.24) is 4.90 Å². The first-order chi connectivity index (χ1) is 21.6. The first kappa shape index (κ1) is 35.0. The Hall–Kier alpha value is -2.89. The molecule has 0 radical (unpaired) electrons. The number of rotatable bonds is 15. The van der Waals surface area contributed by atoms with Gasteiger partial charge in [-0.25, -0.2) is 0 Å². The lowest BCUT2D eigenvalue weighted by Gasteiger charge is -2.47. The molecule has 250 valence electrons. The number of hydrogen-bond acceptors (Lipinski definition) is 9. The fraction of sp³-hybridized carbons (Fsp3) is 0.629. The van der Waals surface area contributed by atoms with Crippen molar-refractivity contribution in [3.05, 3.63) is 53.6 Å². The number of aliphatic hydroxyl groups is 1. The minimum Gasteiger partial charge on any atom is -0.497 e. The van der Waals surface area contributed by atoms with Crippen molar-refractivity contribution >= 4 is 11.6 Å². The van der Waals surface area contributed by atoms with Gasteiger partial charge in [0.25, 0.3) is 0 Å². The van der Waals surface area contributed by atoms with Crippen LogP contribution in [0.3, 0.4) is 0 Å². The summed E-state index contributed by atoms with van der Waals surface area (Å²) in [6.45, 7) is 9.64. The van der Waals surface area contributed by atoms with Crippen LogP contribution in [0.15, 0.2) is 42.5 Å². The van der Waals surface area contributed by atoms with E-state index in [4.69, 9.17) is 29.4 Å². The highest BCUT2D eigenvalue weighted by atomic mass is 16.5. The van der Waals surface area contributed by atoms with Gasteiger partial charge in [0.2, 0.25) is 5.91 Å². The summed E-state index contributed by atoms with van der Waals surface area (Å²) in [5.74, 6) is 1.48. The summed E-state index contributed by atoms with van der Waals surface area (Å²) in [6.07, 6.45) is 1.61. The number of nitrogens with zero attached hydrogens (tertiary/aromatic N) is 2. The number of anilines is 1. The fourth-order valence-corrected chi connectivity index (χ4v) is 6.47. The van der Waals surface area contributed by atoms with Crippen LogP contribution in [0.1, 0.15) is 57.1 Å². The van der Waals surface area contributed by atoms with E-state index in [0.717, 1.165) is 47.8 Å². The molecule has 10 heteroatoms. The molecule has 45 heavy (non-hydrogen) atoms. The number of ether oxygens (including phenoxy) is 5. The number of hydrogen-bond donors (Lipinski definition) is 2. The van der Waals surface area contributed by atoms with E-state index in [-0.39, 0.29) is 36.5 Å². The minimum absolute atomic E-state index is 0.0231. The minimum atomic E-state index is -1.11. The van der Waals surface area contributed by atoms with E-state index >= 15 is 0 Å². The SMILES string of the molecule is COCCCN1CCOc2ccc(CO[C@H]3CN(C(=O)C(N)C(C)C)[C@@H](C[C@](C)(O)COC)C[C@@H]3c3ccc(OC)cc3)cc21. The molecule has 2 aliphatic rings. The van der Waals surface area contributed by atoms with E-state index in [1.807, 2.05) is 43.0 Å². The van der Waals surface area contributed by atoms with E-state index < -0.39 is 11.6 Å². The van der Waals surface area contributed by atoms with E-state index in [9.17, 15) is 9.90 Å². The summed E-state index contributed by atoms with van der Waals surface area (Å²) in [5.41, 5.74) is 8.51. The third-order valence-corrected chi connectivity index (χ3v) is 8.98. The van der Waals surface area contributed by atoms with Crippen molar-refractivity contribution in [1.29, 1.82) is 0 Å². The standard InChI is InChI=1S/C35H53N3O7/c1-24(2)33(36)34(39)38-21-32(45-22-25-8-13-31-30(18-25)37(15-17-44-31)14-7-16-41-4)29(26-9-11-28(43-6)12-10-26)19-27(38)20-35(3,40)23-42-5/h8-13,18,24,27,29,32-33,40H,7,14-17,19-23,36H2,1-6H3/t27-,29-,32+,33?,35+/m1/s1. The van der Waals surface area contributed by atoms with Crippen LogP contribution in [0.4, 0.5) is 5.69 Å². The third kappa shape index (κ3) is 9.10. The second kappa shape index (κ2) is 16.1. The van der Waals surface area contributed by atoms with E-state index in [1.165, 1.54) is 0 Å². The Morgan fingerprint density at radius 1 is 1.13 bits per heavy atom. The largest absolute Gasteiger partial charge is 0.497 e. The smallest absolute Gasteiger partial charge is 0.240 e. The number of benzene rings is 2. The maximum Gasteiger partial charge on any atom is 0.240 e. The molecular formula is C35H53N3O7. The van der Waals surface area contributed by atoms with E-state index in [0.29, 0.717) is 39.2 Å². The first-order valence-electron chi connectivity index (χ1n) is 16.1. The summed E-state index contributed by atoms with van der Waals surface area (Å²) in [6, 6.07) is 13.4. The number of carbonyl (C=O) groups excluding carboxylic acids is 1. The van der Waals surface area contributed by atoms with Crippen LogP contribution >= 0.6 is 0 Å². The molecule has 4 rings (SSSR count). The van der Waals surface area contributed by atoms with Crippen LogP contribution < -0.4 is 20.1 Å². The Morgan fingerprint density at radius 2 is 1.89 bits per heavy atom. The van der Waals surface area contributed by atoms with Crippen LogP contribution in [-0.2, 0) is 25.6 Å². The van der Waals surface area contributed by atoms with Crippen molar-refractivity contribution in [3.8, 4) is 11.5 Å². The average Bonchev–Trinajstić information content (AvgIpc) is 3.03. The van der Waals surface area contributed by atoms with Gasteiger partial charge < -0.3 is 44.3 Å². The third-order valence-electron chi connectivity index (χ3n) is 8.98. The van der Waals surface area contributed by atoms with Gasteiger partial charge in [0.15, 0.2) is 0 Å². The summed E-state index contributed by atoms with van der Waals surface area (Å²) < 4.78 is 28.7. The molecule has 2 aliphatic heterocycles. The number of carbonyl (C=O) groups is 1. The van der Waals surface area contributed by atoms with Crippen molar-refractivity contribution in [2.24, 2.45) is 11.7 Å². The molecule has 1 amide bonds. The fourth-order valence-electron chi connectivity index (χ4n) is 6.47. The van der Waals surface area contributed by atoms with Gasteiger partial charge in [-0.15, -0.1) is 0 Å². The van der Waals surface area contributed by atoms with Gasteiger partial charge in [-0.1, -0.05) is 32.0 Å². The zero-order chi connectivity index (χ0) is 32.6. The Morgan fingerprint density at radius 3 is 2.56 bits per heavy atom. The van der Waals surface area contributed by atoms with Gasteiger partial charge in [-0.05, 0) is 67.5 Å². The van der Waals surface area contributed by atoms with Gasteiger partial charge in [0.05, 0.1) is 50.3 Å². The second-order valence-corrected chi connectivity index (χ2v) is 13.0. The molecule has 10 nitrogen and oxygen atoms in total. The van der Waals surface area contributed by atoms with Crippen molar-refractivity contribution in [2.45, 2.75) is 76.3 Å². The molecule has 0 aromatic heterocycles. The molecule has 0 bridgehead atoms. The highest BCUT2D eigenvalue weighted by molar-refractivity contribution is 5.82. The van der Waals surface area contributed by atoms with E-state index in [1.54, 1.807) is 28.3 Å². The zero-order valence-electron chi connectivity index (χ0n) is 27.9. The van der Waals surface area contributed by atoms with Gasteiger partial charge in [-0.2, -0.15) is 0 Å². The van der Waals surface area contributed by atoms with Gasteiger partial charge >= 0.3 is 0 Å². The topological polar surface area (TPSA) is 116 Å². The van der Waals surface area contributed by atoms with Crippen LogP contribution in [0, 0.1) is 5.92 Å². The Balaban J connectivity index is 1.62. The molecule has 1 fully saturated rings. The average molecular weight is 628 g/mol. The number of methoxy groups -OCH3 is 3. The molecule has 0 spiro atoms. The van der Waals surface area contributed by atoms with Gasteiger partial charge in [-0.3, -0.25) is 4.79 Å².